The van der Waals surface area contributed by atoms with Gasteiger partial charge in [0.2, 0.25) is 5.91 Å². The van der Waals surface area contributed by atoms with Gasteiger partial charge in [-0.3, -0.25) is 19.2 Å². The fourth-order valence-electron chi connectivity index (χ4n) is 5.08. The Balaban J connectivity index is 1.69. The first-order chi connectivity index (χ1) is 18.2. The fourth-order valence-corrected chi connectivity index (χ4v) is 5.28. The summed E-state index contributed by atoms with van der Waals surface area (Å²) in [5.41, 5.74) is 4.38. The van der Waals surface area contributed by atoms with Gasteiger partial charge in [-0.2, -0.15) is 5.10 Å². The Morgan fingerprint density at radius 2 is 1.76 bits per heavy atom. The highest BCUT2D eigenvalue weighted by Crippen LogP contribution is 2.28. The van der Waals surface area contributed by atoms with Crippen molar-refractivity contribution in [3.8, 4) is 0 Å². The van der Waals surface area contributed by atoms with Gasteiger partial charge >= 0.3 is 0 Å². The van der Waals surface area contributed by atoms with Crippen molar-refractivity contribution in [3.63, 3.8) is 0 Å². The normalized spacial score (nSPS) is 15.3. The average Bonchev–Trinajstić information content (AvgIpc) is 3.21. The van der Waals surface area contributed by atoms with Crippen molar-refractivity contribution < 1.29 is 9.59 Å². The van der Waals surface area contributed by atoms with Crippen molar-refractivity contribution in [1.29, 1.82) is 0 Å². The topological polar surface area (TPSA) is 61.7 Å². The van der Waals surface area contributed by atoms with E-state index < -0.39 is 0 Å². The second-order valence-corrected chi connectivity index (χ2v) is 11.0. The molecule has 0 N–H and O–H groups in total. The van der Waals surface area contributed by atoms with Crippen LogP contribution in [0, 0.1) is 5.92 Å². The zero-order valence-corrected chi connectivity index (χ0v) is 23.6. The second-order valence-electron chi connectivity index (χ2n) is 10.5. The lowest BCUT2D eigenvalue weighted by Crippen LogP contribution is -2.39. The van der Waals surface area contributed by atoms with Crippen LogP contribution < -0.4 is 4.90 Å². The number of aryl methyl sites for hydroxylation is 1. The number of carbonyl (C=O) groups is 2. The van der Waals surface area contributed by atoms with Crippen molar-refractivity contribution in [2.45, 2.75) is 46.7 Å². The van der Waals surface area contributed by atoms with Gasteiger partial charge in [0.05, 0.1) is 5.69 Å². The summed E-state index contributed by atoms with van der Waals surface area (Å²) in [6, 6.07) is 17.9. The molecular weight excluding hydrogens is 498 g/mol. The molecule has 0 unspecified atom stereocenters. The highest BCUT2D eigenvalue weighted by atomic mass is 35.5. The monoisotopic (exact) mass is 535 g/mol. The second kappa shape index (κ2) is 12.6. The predicted octanol–water partition coefficient (Wildman–Crippen LogP) is 5.17. The van der Waals surface area contributed by atoms with E-state index in [9.17, 15) is 9.59 Å². The molecule has 0 fully saturated rings. The van der Waals surface area contributed by atoms with Gasteiger partial charge < -0.3 is 9.80 Å². The van der Waals surface area contributed by atoms with Gasteiger partial charge in [0, 0.05) is 63.9 Å². The summed E-state index contributed by atoms with van der Waals surface area (Å²) in [6.07, 6.45) is 1.64. The fraction of sp³-hybridized carbons (Fsp3) is 0.433. The summed E-state index contributed by atoms with van der Waals surface area (Å²) in [7, 11) is 1.83. The molecule has 0 saturated carbocycles. The summed E-state index contributed by atoms with van der Waals surface area (Å²) >= 11 is 6.41. The Morgan fingerprint density at radius 3 is 2.47 bits per heavy atom. The lowest BCUT2D eigenvalue weighted by Gasteiger charge is -2.28. The summed E-state index contributed by atoms with van der Waals surface area (Å²) in [4.78, 5) is 32.7. The Hall–Kier alpha value is -3.16. The molecule has 0 bridgehead atoms. The molecule has 1 aliphatic heterocycles. The van der Waals surface area contributed by atoms with Gasteiger partial charge in [-0.25, -0.2) is 0 Å². The molecule has 0 radical (unpaired) electrons. The molecule has 202 valence electrons. The van der Waals surface area contributed by atoms with E-state index in [1.54, 1.807) is 11.6 Å². The molecule has 0 aliphatic carbocycles. The molecule has 1 aromatic heterocycles. The minimum Gasteiger partial charge on any atom is -0.332 e. The van der Waals surface area contributed by atoms with Gasteiger partial charge in [-0.15, -0.1) is 0 Å². The number of aromatic nitrogens is 2. The highest BCUT2D eigenvalue weighted by molar-refractivity contribution is 6.30. The standard InChI is InChI=1S/C30H38ClN5O2/c1-22(2)17-27-19-29(33(4)32-27)30(38)35-16-15-34(20-24-9-6-5-7-10-24)13-8-14-36(23(3)37)28-12-11-26(31)18-25(28)21-35/h5-7,9-12,18-19,22H,8,13-17,20-21H2,1-4H3. The van der Waals surface area contributed by atoms with Gasteiger partial charge in [0.15, 0.2) is 0 Å². The van der Waals surface area contributed by atoms with E-state index in [0.717, 1.165) is 42.9 Å². The highest BCUT2D eigenvalue weighted by Gasteiger charge is 2.25. The van der Waals surface area contributed by atoms with Crippen molar-refractivity contribution in [2.24, 2.45) is 13.0 Å². The van der Waals surface area contributed by atoms with Crippen LogP contribution in [0.2, 0.25) is 5.02 Å². The number of hydrogen-bond donors (Lipinski definition) is 0. The molecule has 2 heterocycles. The SMILES string of the molecule is CC(=O)N1CCCN(Cc2ccccc2)CCN(C(=O)c2cc(CC(C)C)nn2C)Cc2cc(Cl)ccc21. The number of nitrogens with zero attached hydrogens (tertiary/aromatic N) is 5. The Labute approximate surface area is 231 Å². The van der Waals surface area contributed by atoms with E-state index in [0.29, 0.717) is 42.8 Å². The number of hydrogen-bond acceptors (Lipinski definition) is 4. The molecule has 1 aliphatic rings. The maximum absolute atomic E-state index is 14.0. The molecular formula is C30H38ClN5O2. The molecule has 2 aromatic carbocycles. The molecule has 8 heteroatoms. The predicted molar refractivity (Wildman–Crippen MR) is 152 cm³/mol. The van der Waals surface area contributed by atoms with E-state index in [1.807, 2.05) is 59.3 Å². The molecule has 0 spiro atoms. The number of halogens is 1. The van der Waals surface area contributed by atoms with Gasteiger partial charge in [0.1, 0.15) is 5.69 Å². The minimum absolute atomic E-state index is 0.0229. The maximum Gasteiger partial charge on any atom is 0.272 e. The largest absolute Gasteiger partial charge is 0.332 e. The molecule has 38 heavy (non-hydrogen) atoms. The molecule has 0 saturated heterocycles. The summed E-state index contributed by atoms with van der Waals surface area (Å²) in [5, 5.41) is 5.19. The van der Waals surface area contributed by atoms with Crippen LogP contribution >= 0.6 is 11.6 Å². The van der Waals surface area contributed by atoms with E-state index in [-0.39, 0.29) is 11.8 Å². The van der Waals surface area contributed by atoms with Crippen LogP contribution in [0.1, 0.15) is 54.5 Å². The smallest absolute Gasteiger partial charge is 0.272 e. The molecule has 4 rings (SSSR count). The van der Waals surface area contributed by atoms with Gasteiger partial charge in [-0.1, -0.05) is 55.8 Å². The minimum atomic E-state index is -0.0748. The lowest BCUT2D eigenvalue weighted by molar-refractivity contribution is -0.116. The maximum atomic E-state index is 14.0. The Morgan fingerprint density at radius 1 is 1.00 bits per heavy atom. The van der Waals surface area contributed by atoms with Crippen LogP contribution in [0.4, 0.5) is 5.69 Å². The third kappa shape index (κ3) is 7.03. The number of fused-ring (bicyclic) bond motifs is 1. The van der Waals surface area contributed by atoms with Gasteiger partial charge in [-0.05, 0) is 54.2 Å². The third-order valence-electron chi connectivity index (χ3n) is 6.92. The van der Waals surface area contributed by atoms with Crippen LogP contribution in [0.25, 0.3) is 0 Å². The first kappa shape index (κ1) is 27.9. The van der Waals surface area contributed by atoms with Crippen LogP contribution in [-0.2, 0) is 31.4 Å². The number of benzene rings is 2. The van der Waals surface area contributed by atoms with E-state index in [4.69, 9.17) is 11.6 Å². The molecule has 3 aromatic rings. The number of rotatable bonds is 5. The van der Waals surface area contributed by atoms with Crippen molar-refractivity contribution in [3.05, 3.63) is 82.1 Å². The third-order valence-corrected chi connectivity index (χ3v) is 7.15. The molecule has 2 amide bonds. The first-order valence-corrected chi connectivity index (χ1v) is 13.7. The molecule has 0 atom stereocenters. The number of carbonyl (C=O) groups excluding carboxylic acids is 2. The first-order valence-electron chi connectivity index (χ1n) is 13.4. The Kier molecular flexibility index (Phi) is 9.23. The average molecular weight is 536 g/mol. The van der Waals surface area contributed by atoms with Crippen LogP contribution in [-0.4, -0.2) is 57.6 Å². The summed E-state index contributed by atoms with van der Waals surface area (Å²) < 4.78 is 1.69. The van der Waals surface area contributed by atoms with Crippen molar-refractivity contribution >= 4 is 29.1 Å². The zero-order valence-electron chi connectivity index (χ0n) is 22.9. The zero-order chi connectivity index (χ0) is 27.2. The van der Waals surface area contributed by atoms with Crippen LogP contribution in [0.15, 0.2) is 54.6 Å². The van der Waals surface area contributed by atoms with Crippen LogP contribution in [0.5, 0.6) is 0 Å². The van der Waals surface area contributed by atoms with Crippen molar-refractivity contribution in [2.75, 3.05) is 31.1 Å². The van der Waals surface area contributed by atoms with Crippen molar-refractivity contribution in [1.82, 2.24) is 19.6 Å². The molecule has 7 nitrogen and oxygen atoms in total. The van der Waals surface area contributed by atoms with E-state index >= 15 is 0 Å². The quantitative estimate of drug-likeness (QED) is 0.452. The lowest BCUT2D eigenvalue weighted by atomic mass is 10.1. The summed E-state index contributed by atoms with van der Waals surface area (Å²) in [6.45, 7) is 9.69. The number of anilines is 1. The summed E-state index contributed by atoms with van der Waals surface area (Å²) in [5.74, 6) is 0.350. The van der Waals surface area contributed by atoms with E-state index in [1.165, 1.54) is 5.56 Å². The van der Waals surface area contributed by atoms with Crippen LogP contribution in [0.3, 0.4) is 0 Å². The van der Waals surface area contributed by atoms with Gasteiger partial charge in [0.25, 0.3) is 5.91 Å². The van der Waals surface area contributed by atoms with E-state index in [2.05, 4.69) is 36.0 Å². The number of amides is 2. The Bertz CT molecular complexity index is 1260.